The highest BCUT2D eigenvalue weighted by Crippen LogP contribution is 2.73. The first-order chi connectivity index (χ1) is 52.2. The van der Waals surface area contributed by atoms with E-state index in [1.165, 1.54) is 59.0 Å². The Hall–Kier alpha value is 36.8. The van der Waals surface area contributed by atoms with Gasteiger partial charge in [-0.3, -0.25) is 0 Å². The normalized spacial score (nSPS) is 11.5. The number of rotatable bonds is 96. The van der Waals surface area contributed by atoms with Crippen molar-refractivity contribution >= 4 is 1040 Å². The topological polar surface area (TPSA) is 0 Å². The standard InChI is InChI=1S/3H2S35/c3*1-3-5-7-9-11-13-15-17-19-21-23-25-27-29-31-33-35-34-32-30-28-26-24-22-20-18-16-14-12-10-8-6-4-2/h3*1-2H. The second-order valence-corrected chi connectivity index (χ2v) is 183. The van der Waals surface area contributed by atoms with Gasteiger partial charge in [-0.05, 0) is 472 Å². The summed E-state index contributed by atoms with van der Waals surface area (Å²) >= 11 is 24.5. The molecule has 0 nitrogen and oxygen atoms in total. The van der Waals surface area contributed by atoms with Crippen molar-refractivity contribution in [3.8, 4) is 0 Å². The molecule has 0 rings (SSSR count). The summed E-state index contributed by atoms with van der Waals surface area (Å²) in [6, 6.07) is 0. The zero-order valence-corrected chi connectivity index (χ0v) is 129. The lowest BCUT2D eigenvalue weighted by atomic mass is 30.1. The second kappa shape index (κ2) is 149. The first-order valence-corrected chi connectivity index (χ1v) is 154. The Kier molecular flexibility index (Phi) is 207. The molecule has 0 spiro atoms. The number of hydrogen-bond donors (Lipinski definition) is 6. The van der Waals surface area contributed by atoms with Gasteiger partial charge in [-0.1, -0.05) is 70.0 Å². The van der Waals surface area contributed by atoms with Gasteiger partial charge in [-0.25, -0.2) is 0 Å². The Labute approximate surface area is 1010 Å². The quantitative estimate of drug-likeness (QED) is 0.0194. The number of thiol groups is 6. The van der Waals surface area contributed by atoms with E-state index in [9.17, 15) is 0 Å². The summed E-state index contributed by atoms with van der Waals surface area (Å²) in [7, 11) is 176. The molecule has 105 heavy (non-hydrogen) atoms. The molecule has 0 aliphatic rings. The summed E-state index contributed by atoms with van der Waals surface area (Å²) in [5, 5.41) is 0. The van der Waals surface area contributed by atoms with Crippen molar-refractivity contribution in [3.05, 3.63) is 0 Å². The van der Waals surface area contributed by atoms with Gasteiger partial charge in [0.05, 0.1) is 0 Å². The van der Waals surface area contributed by atoms with Crippen LogP contribution in [-0.4, -0.2) is 0 Å². The van der Waals surface area contributed by atoms with Crippen LogP contribution in [0.5, 0.6) is 0 Å². The molecule has 0 aliphatic heterocycles. The molecule has 0 radical (unpaired) electrons. The minimum absolute atomic E-state index is 1.48. The van der Waals surface area contributed by atoms with E-state index in [1.807, 2.05) is 619 Å². The molecule has 0 aromatic rings. The molecule has 105 heteroatoms. The molecule has 0 saturated carbocycles. The van der Waals surface area contributed by atoms with E-state index in [0.717, 1.165) is 0 Å². The summed E-state index contributed by atoms with van der Waals surface area (Å²) in [6.45, 7) is 0. The Bertz CT molecular complexity index is 1060. The fourth-order valence-corrected chi connectivity index (χ4v) is 258. The van der Waals surface area contributed by atoms with Crippen LogP contribution >= 0.6 is 1040 Å². The lowest BCUT2D eigenvalue weighted by Gasteiger charge is -1.99. The maximum atomic E-state index is 4.08. The third-order valence-corrected chi connectivity index (χ3v) is 217. The molecular weight excluding hydrogens is 3370 g/mol. The van der Waals surface area contributed by atoms with Crippen LogP contribution < -0.4 is 0 Å². The highest BCUT2D eigenvalue weighted by atomic mass is 34.2. The van der Waals surface area contributed by atoms with Crippen LogP contribution in [-0.2, 0) is 0 Å². The van der Waals surface area contributed by atoms with E-state index in [-0.39, 0.29) is 0 Å². The summed E-state index contributed by atoms with van der Waals surface area (Å²) in [6.07, 6.45) is 0. The average Bonchev–Trinajstić information content (AvgIpc) is 3.80. The molecule has 0 fully saturated rings. The average molecular weight is 3370 g/mol. The molecule has 636 valence electrons. The molecule has 0 aromatic carbocycles. The van der Waals surface area contributed by atoms with Crippen molar-refractivity contribution in [3.63, 3.8) is 0 Å². The first kappa shape index (κ1) is 146. The van der Waals surface area contributed by atoms with Crippen molar-refractivity contribution in [1.29, 1.82) is 0 Å². The smallest absolute Gasteiger partial charge is 0 e. The predicted molar refractivity (Wildman–Crippen MR) is 805 cm³/mol. The summed E-state index contributed by atoms with van der Waals surface area (Å²) < 4.78 is 0. The lowest BCUT2D eigenvalue weighted by Crippen LogP contribution is -1.34. The number of hydrogen-bond acceptors (Lipinski definition) is 105. The van der Waals surface area contributed by atoms with Crippen molar-refractivity contribution in [1.82, 2.24) is 0 Å². The van der Waals surface area contributed by atoms with Crippen LogP contribution in [0.1, 0.15) is 0 Å². The molecule has 0 aliphatic carbocycles. The third kappa shape index (κ3) is 154. The fourth-order valence-electron chi connectivity index (χ4n) is 1.06. The fraction of sp³-hybridized carbons (Fsp3) is 0. The molecule has 0 heterocycles. The maximum absolute atomic E-state index is 4.08. The molecule has 0 amide bonds. The Morgan fingerprint density at radius 2 is 0.0762 bits per heavy atom. The molecule has 0 aromatic heterocycles. The van der Waals surface area contributed by atoms with Gasteiger partial charge in [0.2, 0.25) is 0 Å². The summed E-state index contributed by atoms with van der Waals surface area (Å²) in [5.74, 6) is 0. The third-order valence-electron chi connectivity index (χ3n) is 2.68. The van der Waals surface area contributed by atoms with Gasteiger partial charge in [0.15, 0.2) is 0 Å². The molecule has 0 unspecified atom stereocenters. The Morgan fingerprint density at radius 1 is 0.0476 bits per heavy atom. The van der Waals surface area contributed by atoms with Gasteiger partial charge >= 0.3 is 0 Å². The van der Waals surface area contributed by atoms with Gasteiger partial charge in [0.25, 0.3) is 0 Å². The molecule has 0 bridgehead atoms. The minimum atomic E-state index is 1.48. The highest BCUT2D eigenvalue weighted by Gasteiger charge is 2.08. The molecular formula is H6S105. The highest BCUT2D eigenvalue weighted by molar-refractivity contribution is 9.68. The van der Waals surface area contributed by atoms with Gasteiger partial charge in [0.1, 0.15) is 0 Å². The van der Waals surface area contributed by atoms with E-state index >= 15 is 0 Å². The van der Waals surface area contributed by atoms with Gasteiger partial charge < -0.3 is 0 Å². The SMILES string of the molecule is SSSSSSSSSSSSSSSSSSSSSSSSSSSSSSSSSSS.SSSSSSSSSSSSSSSSSSSSSSSSSSSSSSSSSSS.SSSSSSSSSSSSSSSSSSSSSSSSSSSSSSSSSSS. The van der Waals surface area contributed by atoms with Crippen molar-refractivity contribution in [2.24, 2.45) is 0 Å². The monoisotopic (exact) mass is 3360 g/mol. The predicted octanol–water partition coefficient (Wildman–Crippen LogP) is 66.5. The van der Waals surface area contributed by atoms with Gasteiger partial charge in [-0.15, -0.1) is 0 Å². The second-order valence-electron chi connectivity index (χ2n) is 6.78. The van der Waals surface area contributed by atoms with Crippen LogP contribution in [0, 0.1) is 0 Å². The van der Waals surface area contributed by atoms with Crippen LogP contribution in [0.3, 0.4) is 0 Å². The van der Waals surface area contributed by atoms with E-state index in [2.05, 4.69) is 70.0 Å². The molecule has 0 saturated heterocycles. The van der Waals surface area contributed by atoms with Crippen molar-refractivity contribution < 1.29 is 0 Å². The van der Waals surface area contributed by atoms with E-state index in [0.29, 0.717) is 0 Å². The minimum Gasteiger partial charge on any atom is -0.0988 e. The van der Waals surface area contributed by atoms with Crippen LogP contribution in [0.25, 0.3) is 0 Å². The van der Waals surface area contributed by atoms with E-state index < -0.39 is 0 Å². The van der Waals surface area contributed by atoms with Gasteiger partial charge in [0, 0.05) is 501 Å². The van der Waals surface area contributed by atoms with Crippen LogP contribution in [0.2, 0.25) is 0 Å². The van der Waals surface area contributed by atoms with Crippen molar-refractivity contribution in [2.75, 3.05) is 0 Å². The largest absolute Gasteiger partial charge is 0.0988 e. The zero-order chi connectivity index (χ0) is 76.0. The first-order valence-electron chi connectivity index (χ1n) is 17.1. The van der Waals surface area contributed by atoms with Gasteiger partial charge in [-0.2, -0.15) is 0 Å². The van der Waals surface area contributed by atoms with Crippen LogP contribution in [0.4, 0.5) is 0 Å². The van der Waals surface area contributed by atoms with Crippen LogP contribution in [0.15, 0.2) is 0 Å². The maximum Gasteiger partial charge on any atom is 0 e. The summed E-state index contributed by atoms with van der Waals surface area (Å²) in [4.78, 5) is 0. The van der Waals surface area contributed by atoms with E-state index in [4.69, 9.17) is 0 Å². The lowest BCUT2D eigenvalue weighted by molar-refractivity contribution is 5.60. The molecule has 0 atom stereocenters. The van der Waals surface area contributed by atoms with E-state index in [1.54, 1.807) is 295 Å². The zero-order valence-electron chi connectivity index (χ0n) is 43.1. The summed E-state index contributed by atoms with van der Waals surface area (Å²) in [5.41, 5.74) is 0. The molecule has 0 N–H and O–H groups in total. The Morgan fingerprint density at radius 3 is 0.105 bits per heavy atom. The Balaban J connectivity index is -0.00000149. The van der Waals surface area contributed by atoms with Crippen molar-refractivity contribution in [2.45, 2.75) is 0 Å².